The van der Waals surface area contributed by atoms with E-state index in [1.165, 1.54) is 50.6 Å². The van der Waals surface area contributed by atoms with Crippen LogP contribution in [-0.2, 0) is 14.8 Å². The molecule has 3 aromatic carbocycles. The summed E-state index contributed by atoms with van der Waals surface area (Å²) in [7, 11) is -1.97. The normalized spacial score (nSPS) is 11.0. The van der Waals surface area contributed by atoms with E-state index in [0.29, 0.717) is 10.1 Å². The van der Waals surface area contributed by atoms with E-state index in [4.69, 9.17) is 21.1 Å². The third-order valence-corrected chi connectivity index (χ3v) is 6.87. The first-order valence-corrected chi connectivity index (χ1v) is 11.6. The zero-order valence-electron chi connectivity index (χ0n) is 18.4. The molecule has 1 N–H and O–H groups in total. The van der Waals surface area contributed by atoms with Gasteiger partial charge in [-0.15, -0.1) is 0 Å². The number of nitro benzene ring substituents is 1. The summed E-state index contributed by atoms with van der Waals surface area (Å²) in [5.41, 5.74) is -0.624. The van der Waals surface area contributed by atoms with Gasteiger partial charge in [0.2, 0.25) is 5.91 Å². The highest BCUT2D eigenvalue weighted by molar-refractivity contribution is 7.93. The lowest BCUT2D eigenvalue weighted by Crippen LogP contribution is -2.38. The fourth-order valence-corrected chi connectivity index (χ4v) is 4.91. The van der Waals surface area contributed by atoms with Crippen LogP contribution in [0.25, 0.3) is 0 Å². The second kappa shape index (κ2) is 10.6. The lowest BCUT2D eigenvalue weighted by atomic mass is 10.2. The van der Waals surface area contributed by atoms with Crippen molar-refractivity contribution in [2.45, 2.75) is 4.90 Å². The number of carbonyl (C=O) groups excluding carboxylic acids is 1. The molecule has 0 unspecified atom stereocenters. The lowest BCUT2D eigenvalue weighted by molar-refractivity contribution is -0.387. The molecular weight excluding hydrogens is 505 g/mol. The van der Waals surface area contributed by atoms with E-state index in [9.17, 15) is 27.7 Å². The third-order valence-electron chi connectivity index (χ3n) is 4.78. The molecule has 0 saturated carbocycles. The van der Waals surface area contributed by atoms with E-state index in [0.717, 1.165) is 24.3 Å². The molecule has 13 heteroatoms. The van der Waals surface area contributed by atoms with Gasteiger partial charge in [0.15, 0.2) is 4.90 Å². The zero-order valence-corrected chi connectivity index (χ0v) is 20.0. The van der Waals surface area contributed by atoms with Crippen LogP contribution in [0.1, 0.15) is 0 Å². The van der Waals surface area contributed by atoms with Crippen LogP contribution < -0.4 is 19.1 Å². The molecule has 0 spiro atoms. The minimum atomic E-state index is -4.66. The summed E-state index contributed by atoms with van der Waals surface area (Å²) >= 11 is 5.74. The molecule has 0 aromatic heterocycles. The predicted molar refractivity (Wildman–Crippen MR) is 127 cm³/mol. The van der Waals surface area contributed by atoms with Gasteiger partial charge in [-0.05, 0) is 36.4 Å². The first kappa shape index (κ1) is 25.7. The third kappa shape index (κ3) is 5.61. The second-order valence-corrected chi connectivity index (χ2v) is 9.19. The number of hydrogen-bond donors (Lipinski definition) is 1. The number of nitrogens with zero attached hydrogens (tertiary/aromatic N) is 2. The highest BCUT2D eigenvalue weighted by atomic mass is 35.5. The maximum absolute atomic E-state index is 13.7. The van der Waals surface area contributed by atoms with Crippen molar-refractivity contribution in [1.29, 1.82) is 0 Å². The molecule has 1 amide bonds. The molecule has 0 heterocycles. The van der Waals surface area contributed by atoms with Gasteiger partial charge in [0.05, 0.1) is 29.9 Å². The minimum Gasteiger partial charge on any atom is -0.497 e. The van der Waals surface area contributed by atoms with E-state index in [1.54, 1.807) is 0 Å². The Hall–Kier alpha value is -3.90. The van der Waals surface area contributed by atoms with Crippen molar-refractivity contribution >= 4 is 44.6 Å². The Kier molecular flexibility index (Phi) is 7.77. The summed E-state index contributed by atoms with van der Waals surface area (Å²) in [6.45, 7) is -0.800. The summed E-state index contributed by atoms with van der Waals surface area (Å²) in [6, 6.07) is 12.4. The molecule has 0 fully saturated rings. The summed E-state index contributed by atoms with van der Waals surface area (Å²) < 4.78 is 51.9. The van der Waals surface area contributed by atoms with Crippen LogP contribution in [0.2, 0.25) is 5.02 Å². The number of methoxy groups -OCH3 is 2. The van der Waals surface area contributed by atoms with Gasteiger partial charge in [-0.2, -0.15) is 0 Å². The Morgan fingerprint density at radius 3 is 2.46 bits per heavy atom. The van der Waals surface area contributed by atoms with E-state index < -0.39 is 43.8 Å². The number of hydrogen-bond acceptors (Lipinski definition) is 7. The minimum absolute atomic E-state index is 0.0316. The van der Waals surface area contributed by atoms with Crippen molar-refractivity contribution in [3.63, 3.8) is 0 Å². The number of anilines is 2. The van der Waals surface area contributed by atoms with Crippen LogP contribution in [-0.4, -0.2) is 40.0 Å². The molecule has 0 atom stereocenters. The van der Waals surface area contributed by atoms with E-state index in [1.807, 2.05) is 0 Å². The molecule has 10 nitrogen and oxygen atoms in total. The first-order valence-electron chi connectivity index (χ1n) is 9.81. The van der Waals surface area contributed by atoms with Crippen molar-refractivity contribution < 1.29 is 32.0 Å². The number of nitrogens with one attached hydrogen (secondary N) is 1. The van der Waals surface area contributed by atoms with Crippen LogP contribution >= 0.6 is 11.6 Å². The maximum Gasteiger partial charge on any atom is 0.289 e. The van der Waals surface area contributed by atoms with Gasteiger partial charge in [-0.3, -0.25) is 19.2 Å². The number of ether oxygens (including phenoxy) is 2. The highest BCUT2D eigenvalue weighted by Gasteiger charge is 2.34. The average Bonchev–Trinajstić information content (AvgIpc) is 2.84. The molecule has 184 valence electrons. The van der Waals surface area contributed by atoms with E-state index in [2.05, 4.69) is 5.32 Å². The molecule has 0 aliphatic heterocycles. The van der Waals surface area contributed by atoms with Crippen molar-refractivity contribution in [1.82, 2.24) is 0 Å². The van der Waals surface area contributed by atoms with Gasteiger partial charge in [0, 0.05) is 17.8 Å². The van der Waals surface area contributed by atoms with Crippen LogP contribution in [0.15, 0.2) is 65.6 Å². The summed E-state index contributed by atoms with van der Waals surface area (Å²) in [5, 5.41) is 13.7. The highest BCUT2D eigenvalue weighted by Crippen LogP contribution is 2.37. The number of amides is 1. The monoisotopic (exact) mass is 523 g/mol. The van der Waals surface area contributed by atoms with E-state index in [-0.39, 0.29) is 22.1 Å². The molecule has 3 aromatic rings. The fourth-order valence-electron chi connectivity index (χ4n) is 3.14. The van der Waals surface area contributed by atoms with Crippen LogP contribution in [0.3, 0.4) is 0 Å². The topological polar surface area (TPSA) is 128 Å². The Morgan fingerprint density at radius 2 is 1.83 bits per heavy atom. The number of carbonyl (C=O) groups is 1. The number of para-hydroxylation sites is 1. The van der Waals surface area contributed by atoms with Crippen molar-refractivity contribution in [3.8, 4) is 11.5 Å². The Balaban J connectivity index is 2.10. The quantitative estimate of drug-likeness (QED) is 0.328. The zero-order chi connectivity index (χ0) is 25.8. The van der Waals surface area contributed by atoms with Crippen molar-refractivity contribution in [3.05, 3.63) is 81.6 Å². The number of sulfonamides is 1. The first-order chi connectivity index (χ1) is 16.6. The standard InChI is InChI=1S/C22H19ClFN3O7S/c1-33-15-8-10-18(20(12-15)34-2)26(13-22(28)25-14-7-9-17(24)16(23)11-14)35(31,32)21-6-4-3-5-19(21)27(29)30/h3-12H,13H2,1-2H3,(H,25,28). The van der Waals surface area contributed by atoms with Gasteiger partial charge in [-0.25, -0.2) is 12.8 Å². The van der Waals surface area contributed by atoms with Crippen molar-refractivity contribution in [2.75, 3.05) is 30.4 Å². The molecule has 3 rings (SSSR count). The fraction of sp³-hybridized carbons (Fsp3) is 0.136. The summed E-state index contributed by atoms with van der Waals surface area (Å²) in [6.07, 6.45) is 0. The Labute approximate surface area is 205 Å². The largest absolute Gasteiger partial charge is 0.497 e. The maximum atomic E-state index is 13.7. The molecule has 0 bridgehead atoms. The SMILES string of the molecule is COc1ccc(N(CC(=O)Nc2ccc(F)c(Cl)c2)S(=O)(=O)c2ccccc2[N+](=O)[O-])c(OC)c1. The number of benzene rings is 3. The van der Waals surface area contributed by atoms with E-state index >= 15 is 0 Å². The number of rotatable bonds is 9. The van der Waals surface area contributed by atoms with Gasteiger partial charge >= 0.3 is 0 Å². The molecule has 0 saturated heterocycles. The van der Waals surface area contributed by atoms with Crippen LogP contribution in [0, 0.1) is 15.9 Å². The smallest absolute Gasteiger partial charge is 0.289 e. The lowest BCUT2D eigenvalue weighted by Gasteiger charge is -2.25. The van der Waals surface area contributed by atoms with Crippen molar-refractivity contribution in [2.24, 2.45) is 0 Å². The van der Waals surface area contributed by atoms with Gasteiger partial charge in [0.25, 0.3) is 15.7 Å². The summed E-state index contributed by atoms with van der Waals surface area (Å²) in [4.78, 5) is 22.9. The number of nitro groups is 1. The average molecular weight is 524 g/mol. The Bertz CT molecular complexity index is 1390. The van der Waals surface area contributed by atoms with Gasteiger partial charge < -0.3 is 14.8 Å². The van der Waals surface area contributed by atoms with Crippen LogP contribution in [0.4, 0.5) is 21.5 Å². The number of halogens is 2. The van der Waals surface area contributed by atoms with Gasteiger partial charge in [0.1, 0.15) is 23.9 Å². The van der Waals surface area contributed by atoms with Gasteiger partial charge in [-0.1, -0.05) is 23.7 Å². The molecular formula is C22H19ClFN3O7S. The molecule has 0 aliphatic rings. The molecule has 0 radical (unpaired) electrons. The predicted octanol–water partition coefficient (Wildman–Crippen LogP) is 4.24. The van der Waals surface area contributed by atoms with Crippen LogP contribution in [0.5, 0.6) is 11.5 Å². The Morgan fingerprint density at radius 1 is 1.11 bits per heavy atom. The second-order valence-electron chi connectivity index (χ2n) is 6.95. The molecule has 35 heavy (non-hydrogen) atoms. The molecule has 0 aliphatic carbocycles. The summed E-state index contributed by atoms with van der Waals surface area (Å²) in [5.74, 6) is -1.15.